The minimum absolute atomic E-state index is 0.896. The Morgan fingerprint density at radius 2 is 1.29 bits per heavy atom. The molecule has 0 bridgehead atoms. The number of benzene rings is 7. The van der Waals surface area contributed by atoms with E-state index in [4.69, 9.17) is 9.40 Å². The molecular weight excluding hydrogens is 569 g/mol. The first kappa shape index (κ1) is 24.7. The first-order valence-corrected chi connectivity index (χ1v) is 15.9. The lowest BCUT2D eigenvalue weighted by Crippen LogP contribution is -1.93. The lowest BCUT2D eigenvalue weighted by molar-refractivity contribution is 0.669. The molecule has 45 heavy (non-hydrogen) atoms. The highest BCUT2D eigenvalue weighted by Gasteiger charge is 2.17. The summed E-state index contributed by atoms with van der Waals surface area (Å²) < 4.78 is 9.91. The van der Waals surface area contributed by atoms with Crippen molar-refractivity contribution < 1.29 is 4.42 Å². The minimum Gasteiger partial charge on any atom is -0.456 e. The van der Waals surface area contributed by atoms with E-state index >= 15 is 0 Å². The van der Waals surface area contributed by atoms with Crippen LogP contribution in [0.1, 0.15) is 0 Å². The topological polar surface area (TPSA) is 31.0 Å². The van der Waals surface area contributed by atoms with E-state index < -0.39 is 0 Å². The van der Waals surface area contributed by atoms with Gasteiger partial charge in [0.05, 0.1) is 21.3 Å². The maximum atomic E-state index is 6.37. The van der Waals surface area contributed by atoms with E-state index in [9.17, 15) is 0 Å². The average Bonchev–Trinajstić information content (AvgIpc) is 3.80. The van der Waals surface area contributed by atoms with Gasteiger partial charge < -0.3 is 8.98 Å². The molecule has 10 aromatic rings. The number of aromatic nitrogens is 2. The molecule has 210 valence electrons. The number of nitrogens with zero attached hydrogens (tertiary/aromatic N) is 2. The van der Waals surface area contributed by atoms with Crippen molar-refractivity contribution in [3.05, 3.63) is 146 Å². The van der Waals surface area contributed by atoms with Crippen LogP contribution in [0, 0.1) is 0 Å². The van der Waals surface area contributed by atoms with Gasteiger partial charge in [0.25, 0.3) is 0 Å². The molecule has 0 radical (unpaired) electrons. The van der Waals surface area contributed by atoms with E-state index in [0.29, 0.717) is 0 Å². The SMILES string of the molecule is c1ccc(-c2ccc3c(c2)oc2ccc4nc(-c5ccc(-n6c7ccccc7c7c8ccccc8ccc76)cc5)sc4c23)cc1. The molecular formula is C41H24N2OS. The number of rotatable bonds is 3. The van der Waals surface area contributed by atoms with Crippen molar-refractivity contribution in [2.75, 3.05) is 0 Å². The lowest BCUT2D eigenvalue weighted by atomic mass is 10.0. The molecule has 0 spiro atoms. The fourth-order valence-electron chi connectivity index (χ4n) is 6.95. The summed E-state index contributed by atoms with van der Waals surface area (Å²) in [5.74, 6) is 0. The summed E-state index contributed by atoms with van der Waals surface area (Å²) >= 11 is 1.73. The molecule has 0 saturated heterocycles. The number of hydrogen-bond acceptors (Lipinski definition) is 3. The molecule has 0 aliphatic carbocycles. The van der Waals surface area contributed by atoms with Gasteiger partial charge in [-0.2, -0.15) is 0 Å². The van der Waals surface area contributed by atoms with E-state index in [2.05, 4.69) is 144 Å². The van der Waals surface area contributed by atoms with Crippen LogP contribution in [-0.2, 0) is 0 Å². The smallest absolute Gasteiger partial charge is 0.137 e. The Morgan fingerprint density at radius 1 is 0.511 bits per heavy atom. The lowest BCUT2D eigenvalue weighted by Gasteiger charge is -2.09. The average molecular weight is 593 g/mol. The zero-order valence-corrected chi connectivity index (χ0v) is 24.9. The normalized spacial score (nSPS) is 12.0. The van der Waals surface area contributed by atoms with E-state index in [1.165, 1.54) is 38.1 Å². The molecule has 7 aromatic carbocycles. The summed E-state index contributed by atoms with van der Waals surface area (Å²) in [6.07, 6.45) is 0. The second-order valence-corrected chi connectivity index (χ2v) is 12.6. The maximum Gasteiger partial charge on any atom is 0.137 e. The van der Waals surface area contributed by atoms with Crippen LogP contribution in [0.2, 0.25) is 0 Å². The van der Waals surface area contributed by atoms with Gasteiger partial charge in [-0.3, -0.25) is 0 Å². The Hall–Kier alpha value is -5.71. The third-order valence-electron chi connectivity index (χ3n) is 9.03. The van der Waals surface area contributed by atoms with Crippen LogP contribution in [0.15, 0.2) is 150 Å². The van der Waals surface area contributed by atoms with Crippen molar-refractivity contribution in [3.8, 4) is 27.4 Å². The van der Waals surface area contributed by atoms with Gasteiger partial charge in [-0.1, -0.05) is 84.9 Å². The van der Waals surface area contributed by atoms with Gasteiger partial charge in [0, 0.05) is 32.8 Å². The Bertz CT molecular complexity index is 2750. The standard InChI is InChI=1S/C41H24N2OS/c1-2-8-25(9-3-1)28-16-20-32-37(24-28)44-36-23-21-33-40(39(32)36)45-41(42-33)27-14-18-29(19-15-27)43-34-13-7-6-12-31(34)38-30-11-5-4-10-26(30)17-22-35(38)43/h1-24H. The fraction of sp³-hybridized carbons (Fsp3) is 0. The van der Waals surface area contributed by atoms with E-state index in [1.807, 2.05) is 6.07 Å². The third kappa shape index (κ3) is 3.67. The summed E-state index contributed by atoms with van der Waals surface area (Å²) in [5.41, 5.74) is 9.80. The van der Waals surface area contributed by atoms with Crippen molar-refractivity contribution in [1.82, 2.24) is 9.55 Å². The first-order chi connectivity index (χ1) is 22.3. The molecule has 0 unspecified atom stereocenters. The summed E-state index contributed by atoms with van der Waals surface area (Å²) in [6.45, 7) is 0. The van der Waals surface area contributed by atoms with Gasteiger partial charge in [-0.15, -0.1) is 11.3 Å². The van der Waals surface area contributed by atoms with Crippen molar-refractivity contribution in [3.63, 3.8) is 0 Å². The molecule has 0 fully saturated rings. The zero-order chi connectivity index (χ0) is 29.5. The van der Waals surface area contributed by atoms with Gasteiger partial charge >= 0.3 is 0 Å². The maximum absolute atomic E-state index is 6.37. The van der Waals surface area contributed by atoms with Crippen LogP contribution < -0.4 is 0 Å². The fourth-order valence-corrected chi connectivity index (χ4v) is 8.07. The number of thiazole rings is 1. The van der Waals surface area contributed by atoms with Crippen LogP contribution in [-0.4, -0.2) is 9.55 Å². The first-order valence-electron chi connectivity index (χ1n) is 15.1. The van der Waals surface area contributed by atoms with Crippen LogP contribution in [0.5, 0.6) is 0 Å². The zero-order valence-electron chi connectivity index (χ0n) is 24.1. The Balaban J connectivity index is 1.09. The second kappa shape index (κ2) is 9.39. The van der Waals surface area contributed by atoms with Gasteiger partial charge in [0.15, 0.2) is 0 Å². The van der Waals surface area contributed by atoms with E-state index in [1.54, 1.807) is 11.3 Å². The summed E-state index contributed by atoms with van der Waals surface area (Å²) in [7, 11) is 0. The molecule has 3 aromatic heterocycles. The quantitative estimate of drug-likeness (QED) is 0.204. The van der Waals surface area contributed by atoms with Gasteiger partial charge in [-0.05, 0) is 82.6 Å². The van der Waals surface area contributed by atoms with Crippen LogP contribution in [0.25, 0.3) is 92.1 Å². The highest BCUT2D eigenvalue weighted by Crippen LogP contribution is 2.42. The van der Waals surface area contributed by atoms with Crippen LogP contribution in [0.3, 0.4) is 0 Å². The van der Waals surface area contributed by atoms with Crippen molar-refractivity contribution in [1.29, 1.82) is 0 Å². The van der Waals surface area contributed by atoms with E-state index in [-0.39, 0.29) is 0 Å². The molecule has 0 aliphatic rings. The number of para-hydroxylation sites is 1. The minimum atomic E-state index is 0.896. The Morgan fingerprint density at radius 3 is 2.18 bits per heavy atom. The molecule has 4 heteroatoms. The highest BCUT2D eigenvalue weighted by molar-refractivity contribution is 7.22. The third-order valence-corrected chi connectivity index (χ3v) is 10.2. The molecule has 10 rings (SSSR count). The molecule has 0 N–H and O–H groups in total. The van der Waals surface area contributed by atoms with Gasteiger partial charge in [0.1, 0.15) is 16.2 Å². The summed E-state index contributed by atoms with van der Waals surface area (Å²) in [6, 6.07) is 51.8. The molecule has 0 saturated carbocycles. The summed E-state index contributed by atoms with van der Waals surface area (Å²) in [5, 5.41) is 8.38. The molecule has 3 heterocycles. The predicted molar refractivity (Wildman–Crippen MR) is 190 cm³/mol. The van der Waals surface area contributed by atoms with Crippen LogP contribution in [0.4, 0.5) is 0 Å². The highest BCUT2D eigenvalue weighted by atomic mass is 32.1. The van der Waals surface area contributed by atoms with Crippen molar-refractivity contribution in [2.24, 2.45) is 0 Å². The molecule has 0 aliphatic heterocycles. The summed E-state index contributed by atoms with van der Waals surface area (Å²) in [4.78, 5) is 5.08. The Labute approximate surface area is 262 Å². The molecule has 0 amide bonds. The van der Waals surface area contributed by atoms with E-state index in [0.717, 1.165) is 54.0 Å². The Kier molecular flexibility index (Phi) is 5.16. The van der Waals surface area contributed by atoms with Crippen molar-refractivity contribution in [2.45, 2.75) is 0 Å². The van der Waals surface area contributed by atoms with Gasteiger partial charge in [0.2, 0.25) is 0 Å². The monoisotopic (exact) mass is 592 g/mol. The predicted octanol–water partition coefficient (Wildman–Crippen LogP) is 11.8. The number of hydrogen-bond donors (Lipinski definition) is 0. The molecule has 3 nitrogen and oxygen atoms in total. The van der Waals surface area contributed by atoms with Gasteiger partial charge in [-0.25, -0.2) is 4.98 Å². The van der Waals surface area contributed by atoms with Crippen LogP contribution >= 0.6 is 11.3 Å². The number of furan rings is 1. The largest absolute Gasteiger partial charge is 0.456 e. The molecule has 0 atom stereocenters. The second-order valence-electron chi connectivity index (χ2n) is 11.6. The number of fused-ring (bicyclic) bond motifs is 10. The van der Waals surface area contributed by atoms with Crippen molar-refractivity contribution >= 4 is 76.1 Å².